The van der Waals surface area contributed by atoms with Gasteiger partial charge in [-0.25, -0.2) is 9.67 Å². The highest BCUT2D eigenvalue weighted by molar-refractivity contribution is 7.18. The van der Waals surface area contributed by atoms with Gasteiger partial charge in [0.2, 0.25) is 0 Å². The van der Waals surface area contributed by atoms with Crippen molar-refractivity contribution in [3.05, 3.63) is 83.6 Å². The van der Waals surface area contributed by atoms with E-state index in [2.05, 4.69) is 20.7 Å². The summed E-state index contributed by atoms with van der Waals surface area (Å²) < 4.78 is 6.72. The number of hydrogen-bond acceptors (Lipinski definition) is 6. The minimum Gasteiger partial charge on any atom is -0.459 e. The summed E-state index contributed by atoms with van der Waals surface area (Å²) in [7, 11) is 0. The maximum Gasteiger partial charge on any atom is 0.291 e. The fourth-order valence-electron chi connectivity index (χ4n) is 2.72. The van der Waals surface area contributed by atoms with Crippen molar-refractivity contribution in [3.63, 3.8) is 0 Å². The standard InChI is InChI=1S/C20H17N5O3S/c1-13(14-4-6-15(7-5-14)25-12-21-11-22-25)23-20(27)17-8-9-18(29-17)24-19(26)16-3-2-10-28-16/h2-13H,1H3,(H,23,27)(H,24,26). The number of carbonyl (C=O) groups excluding carboxylic acids is 2. The number of amides is 2. The number of rotatable bonds is 6. The van der Waals surface area contributed by atoms with Gasteiger partial charge in [-0.3, -0.25) is 9.59 Å². The van der Waals surface area contributed by atoms with Crippen LogP contribution in [0.25, 0.3) is 5.69 Å². The fraction of sp³-hybridized carbons (Fsp3) is 0.100. The van der Waals surface area contributed by atoms with Gasteiger partial charge in [0, 0.05) is 0 Å². The fourth-order valence-corrected chi connectivity index (χ4v) is 3.52. The number of anilines is 1. The molecule has 1 aromatic carbocycles. The molecule has 0 fully saturated rings. The van der Waals surface area contributed by atoms with Crippen molar-refractivity contribution in [2.75, 3.05) is 5.32 Å². The lowest BCUT2D eigenvalue weighted by atomic mass is 10.1. The highest BCUT2D eigenvalue weighted by Gasteiger charge is 2.16. The first-order chi connectivity index (χ1) is 14.1. The van der Waals surface area contributed by atoms with E-state index in [1.807, 2.05) is 31.2 Å². The van der Waals surface area contributed by atoms with Crippen LogP contribution >= 0.6 is 11.3 Å². The number of benzene rings is 1. The van der Waals surface area contributed by atoms with Crippen LogP contribution in [0.5, 0.6) is 0 Å². The van der Waals surface area contributed by atoms with Crippen molar-refractivity contribution in [1.82, 2.24) is 20.1 Å². The minimum atomic E-state index is -0.357. The van der Waals surface area contributed by atoms with Crippen molar-refractivity contribution >= 4 is 28.2 Å². The summed E-state index contributed by atoms with van der Waals surface area (Å²) >= 11 is 1.20. The Bertz CT molecular complexity index is 1100. The summed E-state index contributed by atoms with van der Waals surface area (Å²) in [5.74, 6) is -0.349. The van der Waals surface area contributed by atoms with Gasteiger partial charge < -0.3 is 15.1 Å². The maximum atomic E-state index is 12.6. The van der Waals surface area contributed by atoms with E-state index in [1.54, 1.807) is 35.3 Å². The van der Waals surface area contributed by atoms with E-state index in [0.717, 1.165) is 11.3 Å². The number of nitrogens with one attached hydrogen (secondary N) is 2. The predicted molar refractivity (Wildman–Crippen MR) is 108 cm³/mol. The third-order valence-corrected chi connectivity index (χ3v) is 5.23. The SMILES string of the molecule is CC(NC(=O)c1ccc(NC(=O)c2ccco2)s1)c1ccc(-n2cncn2)cc1. The Morgan fingerprint density at radius 1 is 1.10 bits per heavy atom. The smallest absolute Gasteiger partial charge is 0.291 e. The first-order valence-electron chi connectivity index (χ1n) is 8.80. The number of furan rings is 1. The zero-order chi connectivity index (χ0) is 20.2. The first kappa shape index (κ1) is 18.6. The highest BCUT2D eigenvalue weighted by atomic mass is 32.1. The normalized spacial score (nSPS) is 11.8. The van der Waals surface area contributed by atoms with Gasteiger partial charge in [0.15, 0.2) is 5.76 Å². The summed E-state index contributed by atoms with van der Waals surface area (Å²) in [5.41, 5.74) is 1.85. The molecule has 0 aliphatic carbocycles. The molecule has 146 valence electrons. The van der Waals surface area contributed by atoms with Gasteiger partial charge in [0.25, 0.3) is 11.8 Å². The van der Waals surface area contributed by atoms with Gasteiger partial charge in [-0.2, -0.15) is 5.10 Å². The maximum absolute atomic E-state index is 12.6. The third-order valence-electron chi connectivity index (χ3n) is 4.24. The zero-order valence-corrected chi connectivity index (χ0v) is 16.2. The van der Waals surface area contributed by atoms with Gasteiger partial charge >= 0.3 is 0 Å². The molecule has 0 radical (unpaired) electrons. The Hall–Kier alpha value is -3.72. The van der Waals surface area contributed by atoms with Gasteiger partial charge in [-0.05, 0) is 48.9 Å². The Morgan fingerprint density at radius 3 is 2.62 bits per heavy atom. The molecule has 4 aromatic rings. The largest absolute Gasteiger partial charge is 0.459 e. The molecule has 1 atom stereocenters. The Kier molecular flexibility index (Phi) is 5.21. The van der Waals surface area contributed by atoms with Crippen molar-refractivity contribution < 1.29 is 14.0 Å². The molecule has 2 amide bonds. The van der Waals surface area contributed by atoms with Crippen LogP contribution in [-0.4, -0.2) is 26.6 Å². The van der Waals surface area contributed by atoms with Crippen LogP contribution in [0.4, 0.5) is 5.00 Å². The molecule has 0 bridgehead atoms. The Labute approximate surface area is 170 Å². The summed E-state index contributed by atoms with van der Waals surface area (Å²) in [4.78, 5) is 29.0. The summed E-state index contributed by atoms with van der Waals surface area (Å²) in [5, 5.41) is 10.3. The Morgan fingerprint density at radius 2 is 1.93 bits per heavy atom. The van der Waals surface area contributed by atoms with Gasteiger partial charge in [-0.1, -0.05) is 12.1 Å². The van der Waals surface area contributed by atoms with Crippen molar-refractivity contribution in [2.24, 2.45) is 0 Å². The van der Waals surface area contributed by atoms with Crippen LogP contribution in [0.1, 0.15) is 38.8 Å². The molecule has 3 heterocycles. The molecule has 0 aliphatic heterocycles. The van der Waals surface area contributed by atoms with E-state index < -0.39 is 0 Å². The van der Waals surface area contributed by atoms with Crippen LogP contribution < -0.4 is 10.6 Å². The first-order valence-corrected chi connectivity index (χ1v) is 9.62. The van der Waals surface area contributed by atoms with E-state index in [-0.39, 0.29) is 23.6 Å². The number of carbonyl (C=O) groups is 2. The lowest BCUT2D eigenvalue weighted by molar-refractivity contribution is 0.0942. The Balaban J connectivity index is 1.37. The second-order valence-electron chi connectivity index (χ2n) is 6.22. The molecule has 0 spiro atoms. The summed E-state index contributed by atoms with van der Waals surface area (Å²) in [6.07, 6.45) is 4.53. The van der Waals surface area contributed by atoms with E-state index in [1.165, 1.54) is 23.9 Å². The number of hydrogen-bond donors (Lipinski definition) is 2. The van der Waals surface area contributed by atoms with Crippen LogP contribution in [0.15, 0.2) is 71.9 Å². The van der Waals surface area contributed by atoms with Crippen molar-refractivity contribution in [3.8, 4) is 5.69 Å². The minimum absolute atomic E-state index is 0.185. The average molecular weight is 407 g/mol. The van der Waals surface area contributed by atoms with Crippen LogP contribution in [-0.2, 0) is 0 Å². The topological polar surface area (TPSA) is 102 Å². The molecule has 9 heteroatoms. The van der Waals surface area contributed by atoms with E-state index >= 15 is 0 Å². The van der Waals surface area contributed by atoms with Gasteiger partial charge in [0.1, 0.15) is 12.7 Å². The highest BCUT2D eigenvalue weighted by Crippen LogP contribution is 2.24. The lowest BCUT2D eigenvalue weighted by Crippen LogP contribution is -2.25. The van der Waals surface area contributed by atoms with E-state index in [4.69, 9.17) is 4.42 Å². The zero-order valence-electron chi connectivity index (χ0n) is 15.4. The molecular weight excluding hydrogens is 390 g/mol. The summed E-state index contributed by atoms with van der Waals surface area (Å²) in [6, 6.07) is 14.1. The van der Waals surface area contributed by atoms with Crippen LogP contribution in [0, 0.1) is 0 Å². The molecule has 8 nitrogen and oxygen atoms in total. The monoisotopic (exact) mass is 407 g/mol. The molecule has 0 saturated carbocycles. The molecule has 2 N–H and O–H groups in total. The predicted octanol–water partition coefficient (Wildman–Crippen LogP) is 3.67. The molecule has 0 saturated heterocycles. The lowest BCUT2D eigenvalue weighted by Gasteiger charge is -2.14. The number of nitrogens with zero attached hydrogens (tertiary/aromatic N) is 3. The third kappa shape index (κ3) is 4.25. The van der Waals surface area contributed by atoms with Gasteiger partial charge in [0.05, 0.1) is 27.9 Å². The second-order valence-corrected chi connectivity index (χ2v) is 7.31. The molecule has 1 unspecified atom stereocenters. The van der Waals surface area contributed by atoms with E-state index in [0.29, 0.717) is 9.88 Å². The average Bonchev–Trinajstić information content (AvgIpc) is 3.50. The van der Waals surface area contributed by atoms with E-state index in [9.17, 15) is 9.59 Å². The van der Waals surface area contributed by atoms with Crippen molar-refractivity contribution in [1.29, 1.82) is 0 Å². The van der Waals surface area contributed by atoms with Gasteiger partial charge in [-0.15, -0.1) is 11.3 Å². The van der Waals surface area contributed by atoms with Crippen LogP contribution in [0.3, 0.4) is 0 Å². The number of thiophene rings is 1. The molecule has 29 heavy (non-hydrogen) atoms. The molecule has 0 aliphatic rings. The quantitative estimate of drug-likeness (QED) is 0.508. The summed E-state index contributed by atoms with van der Waals surface area (Å²) in [6.45, 7) is 1.91. The second kappa shape index (κ2) is 8.11. The molecular formula is C20H17N5O3S. The van der Waals surface area contributed by atoms with Crippen molar-refractivity contribution in [2.45, 2.75) is 13.0 Å². The number of aromatic nitrogens is 3. The van der Waals surface area contributed by atoms with Crippen LogP contribution in [0.2, 0.25) is 0 Å². The molecule has 4 rings (SSSR count). The molecule has 3 aromatic heterocycles.